The summed E-state index contributed by atoms with van der Waals surface area (Å²) in [5, 5.41) is 13.4. The predicted octanol–water partition coefficient (Wildman–Crippen LogP) is 5.39. The topological polar surface area (TPSA) is 40.7 Å². The van der Waals surface area contributed by atoms with Gasteiger partial charge in [0, 0.05) is 5.69 Å². The van der Waals surface area contributed by atoms with Gasteiger partial charge >= 0.3 is 0 Å². The molecule has 0 spiro atoms. The molecular weight excluding hydrogens is 298 g/mol. The van der Waals surface area contributed by atoms with E-state index in [-0.39, 0.29) is 5.41 Å². The number of hydrogen-bond acceptors (Lipinski definition) is 4. The van der Waals surface area contributed by atoms with Crippen LogP contribution < -0.4 is 5.32 Å². The highest BCUT2D eigenvalue weighted by Gasteiger charge is 2.13. The fourth-order valence-electron chi connectivity index (χ4n) is 2.20. The monoisotopic (exact) mass is 315 g/mol. The van der Waals surface area contributed by atoms with Crippen LogP contribution in [0.3, 0.4) is 0 Å². The standard InChI is InChI=1S/C16H17N3S2/c1-16(2,3)12-6-4-11-9-13(7-5-10(11)8-12)17-14-18-19-15(20)21-14/h4-9H,1-3H3,(H,17,18)(H,19,20). The van der Waals surface area contributed by atoms with E-state index in [1.807, 2.05) is 0 Å². The minimum absolute atomic E-state index is 0.168. The van der Waals surface area contributed by atoms with Gasteiger partial charge in [-0.3, -0.25) is 5.10 Å². The molecule has 1 heterocycles. The molecule has 5 heteroatoms. The molecule has 3 rings (SSSR count). The number of benzene rings is 2. The van der Waals surface area contributed by atoms with Crippen LogP contribution in [0.1, 0.15) is 26.3 Å². The van der Waals surface area contributed by atoms with Gasteiger partial charge in [0.2, 0.25) is 5.13 Å². The molecule has 0 saturated carbocycles. The van der Waals surface area contributed by atoms with Crippen molar-refractivity contribution in [3.05, 3.63) is 45.9 Å². The lowest BCUT2D eigenvalue weighted by atomic mass is 9.86. The molecule has 21 heavy (non-hydrogen) atoms. The maximum atomic E-state index is 5.04. The van der Waals surface area contributed by atoms with E-state index < -0.39 is 0 Å². The van der Waals surface area contributed by atoms with Gasteiger partial charge in [0.05, 0.1) is 0 Å². The Morgan fingerprint density at radius 1 is 1.10 bits per heavy atom. The van der Waals surface area contributed by atoms with Crippen LogP contribution in [-0.2, 0) is 5.41 Å². The van der Waals surface area contributed by atoms with Gasteiger partial charge < -0.3 is 5.32 Å². The van der Waals surface area contributed by atoms with Crippen LogP contribution in [0, 0.1) is 3.95 Å². The molecule has 0 aliphatic heterocycles. The second-order valence-electron chi connectivity index (χ2n) is 6.07. The van der Waals surface area contributed by atoms with Gasteiger partial charge in [0.25, 0.3) is 0 Å². The summed E-state index contributed by atoms with van der Waals surface area (Å²) in [5.41, 5.74) is 2.53. The maximum Gasteiger partial charge on any atom is 0.208 e. The lowest BCUT2D eigenvalue weighted by molar-refractivity contribution is 0.591. The van der Waals surface area contributed by atoms with Gasteiger partial charge in [-0.2, -0.15) is 0 Å². The largest absolute Gasteiger partial charge is 0.330 e. The highest BCUT2D eigenvalue weighted by atomic mass is 32.1. The second-order valence-corrected chi connectivity index (χ2v) is 7.74. The fraction of sp³-hybridized carbons (Fsp3) is 0.250. The Morgan fingerprint density at radius 2 is 1.81 bits per heavy atom. The van der Waals surface area contributed by atoms with Crippen LogP contribution in [0.15, 0.2) is 36.4 Å². The Hall–Kier alpha value is -1.72. The first-order valence-electron chi connectivity index (χ1n) is 6.79. The molecule has 3 aromatic rings. The van der Waals surface area contributed by atoms with E-state index in [9.17, 15) is 0 Å². The zero-order valence-corrected chi connectivity index (χ0v) is 13.9. The summed E-state index contributed by atoms with van der Waals surface area (Å²) in [7, 11) is 0. The van der Waals surface area contributed by atoms with Crippen LogP contribution in [0.2, 0.25) is 0 Å². The third-order valence-electron chi connectivity index (χ3n) is 3.40. The lowest BCUT2D eigenvalue weighted by Crippen LogP contribution is -2.10. The average molecular weight is 315 g/mol. The number of H-pyrrole nitrogens is 1. The van der Waals surface area contributed by atoms with Crippen LogP contribution >= 0.6 is 23.6 Å². The summed E-state index contributed by atoms with van der Waals surface area (Å²) < 4.78 is 0.674. The molecular formula is C16H17N3S2. The number of aromatic nitrogens is 2. The van der Waals surface area contributed by atoms with Gasteiger partial charge in [-0.05, 0) is 46.1 Å². The minimum atomic E-state index is 0.168. The Kier molecular flexibility index (Phi) is 3.55. The Bertz CT molecular complexity index is 840. The average Bonchev–Trinajstić information content (AvgIpc) is 2.82. The summed E-state index contributed by atoms with van der Waals surface area (Å²) in [6.45, 7) is 6.69. The van der Waals surface area contributed by atoms with Crippen LogP contribution in [0.4, 0.5) is 10.8 Å². The zero-order valence-electron chi connectivity index (χ0n) is 12.2. The molecule has 0 saturated heterocycles. The van der Waals surface area contributed by atoms with E-state index >= 15 is 0 Å². The molecule has 3 nitrogen and oxygen atoms in total. The summed E-state index contributed by atoms with van der Waals surface area (Å²) in [4.78, 5) is 0. The van der Waals surface area contributed by atoms with Crippen molar-refractivity contribution >= 4 is 45.1 Å². The molecule has 0 amide bonds. The SMILES string of the molecule is CC(C)(C)c1ccc2cc(Nc3n[nH]c(=S)s3)ccc2c1. The molecule has 0 aliphatic carbocycles. The van der Waals surface area contributed by atoms with Gasteiger partial charge in [-0.1, -0.05) is 56.4 Å². The minimum Gasteiger partial charge on any atom is -0.330 e. The molecule has 1 aromatic heterocycles. The van der Waals surface area contributed by atoms with Crippen LogP contribution in [0.25, 0.3) is 10.8 Å². The van der Waals surface area contributed by atoms with Gasteiger partial charge in [-0.25, -0.2) is 0 Å². The van der Waals surface area contributed by atoms with E-state index in [0.717, 1.165) is 10.8 Å². The molecule has 0 bridgehead atoms. The predicted molar refractivity (Wildman–Crippen MR) is 93.2 cm³/mol. The van der Waals surface area contributed by atoms with Crippen molar-refractivity contribution in [3.8, 4) is 0 Å². The normalized spacial score (nSPS) is 11.8. The molecule has 0 aliphatic rings. The summed E-state index contributed by atoms with van der Waals surface area (Å²) in [5.74, 6) is 0. The van der Waals surface area contributed by atoms with Gasteiger partial charge in [0.1, 0.15) is 0 Å². The third kappa shape index (κ3) is 3.14. The first-order chi connectivity index (χ1) is 9.91. The van der Waals surface area contributed by atoms with Gasteiger partial charge in [0.15, 0.2) is 3.95 Å². The highest BCUT2D eigenvalue weighted by molar-refractivity contribution is 7.73. The molecule has 0 fully saturated rings. The van der Waals surface area contributed by atoms with Crippen molar-refractivity contribution in [2.45, 2.75) is 26.2 Å². The van der Waals surface area contributed by atoms with Gasteiger partial charge in [-0.15, -0.1) is 5.10 Å². The number of anilines is 2. The maximum absolute atomic E-state index is 5.04. The molecule has 2 N–H and O–H groups in total. The van der Waals surface area contributed by atoms with Crippen molar-refractivity contribution in [1.29, 1.82) is 0 Å². The van der Waals surface area contributed by atoms with E-state index in [4.69, 9.17) is 12.2 Å². The molecule has 0 unspecified atom stereocenters. The van der Waals surface area contributed by atoms with Crippen LogP contribution in [0.5, 0.6) is 0 Å². The number of rotatable bonds is 2. The van der Waals surface area contributed by atoms with Crippen molar-refractivity contribution in [1.82, 2.24) is 10.2 Å². The Morgan fingerprint density at radius 3 is 2.48 bits per heavy atom. The second kappa shape index (κ2) is 5.24. The van der Waals surface area contributed by atoms with Crippen molar-refractivity contribution in [3.63, 3.8) is 0 Å². The third-order valence-corrected chi connectivity index (χ3v) is 4.40. The zero-order chi connectivity index (χ0) is 15.0. The van der Waals surface area contributed by atoms with E-state index in [1.165, 1.54) is 27.7 Å². The summed E-state index contributed by atoms with van der Waals surface area (Å²) in [6, 6.07) is 13.0. The summed E-state index contributed by atoms with van der Waals surface area (Å²) in [6.07, 6.45) is 0. The Labute approximate surface area is 133 Å². The molecule has 2 aromatic carbocycles. The van der Waals surface area contributed by atoms with E-state index in [1.54, 1.807) is 0 Å². The number of nitrogens with zero attached hydrogens (tertiary/aromatic N) is 1. The highest BCUT2D eigenvalue weighted by Crippen LogP contribution is 2.28. The first-order valence-corrected chi connectivity index (χ1v) is 8.01. The Balaban J connectivity index is 1.95. The fourth-order valence-corrected chi connectivity index (χ4v) is 3.01. The number of nitrogens with one attached hydrogen (secondary N) is 2. The molecule has 0 radical (unpaired) electrons. The first kappa shape index (κ1) is 14.2. The number of aromatic amines is 1. The number of fused-ring (bicyclic) bond motifs is 1. The smallest absolute Gasteiger partial charge is 0.208 e. The summed E-state index contributed by atoms with van der Waals surface area (Å²) >= 11 is 6.47. The molecule has 108 valence electrons. The van der Waals surface area contributed by atoms with Crippen molar-refractivity contribution < 1.29 is 0 Å². The number of hydrogen-bond donors (Lipinski definition) is 2. The van der Waals surface area contributed by atoms with Crippen molar-refractivity contribution in [2.75, 3.05) is 5.32 Å². The van der Waals surface area contributed by atoms with Crippen LogP contribution in [-0.4, -0.2) is 10.2 Å². The lowest BCUT2D eigenvalue weighted by Gasteiger charge is -2.19. The molecule has 0 atom stereocenters. The van der Waals surface area contributed by atoms with E-state index in [2.05, 4.69) is 72.7 Å². The van der Waals surface area contributed by atoms with E-state index in [0.29, 0.717) is 3.95 Å². The van der Waals surface area contributed by atoms with Crippen molar-refractivity contribution in [2.24, 2.45) is 0 Å². The quantitative estimate of drug-likeness (QED) is 0.622.